The van der Waals surface area contributed by atoms with Crippen molar-refractivity contribution < 1.29 is 24.6 Å². The molecule has 1 spiro atoms. The molecule has 6 heteroatoms. The third-order valence-electron chi connectivity index (χ3n) is 11.3. The number of carboxylic acids is 1. The van der Waals surface area contributed by atoms with Gasteiger partial charge >= 0.3 is 5.97 Å². The normalized spacial score (nSPS) is 43.2. The van der Waals surface area contributed by atoms with Crippen LogP contribution in [-0.2, 0) is 14.4 Å². The Morgan fingerprint density at radius 3 is 2.36 bits per heavy atom. The molecule has 6 nitrogen and oxygen atoms in total. The second-order valence-electron chi connectivity index (χ2n) is 13.0. The lowest BCUT2D eigenvalue weighted by Gasteiger charge is -2.68. The highest BCUT2D eigenvalue weighted by Gasteiger charge is 2.73. The van der Waals surface area contributed by atoms with Crippen molar-refractivity contribution in [3.05, 3.63) is 35.9 Å². The Morgan fingerprint density at radius 1 is 1.03 bits per heavy atom. The maximum Gasteiger partial charge on any atom is 0.309 e. The maximum absolute atomic E-state index is 14.2. The maximum atomic E-state index is 14.2. The molecule has 2 N–H and O–H groups in total. The van der Waals surface area contributed by atoms with Crippen LogP contribution in [-0.4, -0.2) is 28.0 Å². The molecule has 6 aliphatic rings. The summed E-state index contributed by atoms with van der Waals surface area (Å²) in [5, 5.41) is 20.0. The van der Waals surface area contributed by atoms with E-state index in [2.05, 4.69) is 26.8 Å². The number of aromatic hydroxyl groups is 1. The van der Waals surface area contributed by atoms with Crippen LogP contribution in [0.3, 0.4) is 0 Å². The molecule has 2 bridgehead atoms. The van der Waals surface area contributed by atoms with Gasteiger partial charge in [0.1, 0.15) is 5.75 Å². The first kappa shape index (κ1) is 23.7. The molecule has 8 unspecified atom stereocenters. The Balaban J connectivity index is 1.49. The van der Waals surface area contributed by atoms with E-state index in [0.717, 1.165) is 32.1 Å². The topological polar surface area (TPSA) is 94.9 Å². The molecule has 36 heavy (non-hydrogen) atoms. The quantitative estimate of drug-likeness (QED) is 0.436. The van der Waals surface area contributed by atoms with Crippen LogP contribution >= 0.6 is 0 Å². The van der Waals surface area contributed by atoms with Crippen molar-refractivity contribution in [3.63, 3.8) is 0 Å². The van der Waals surface area contributed by atoms with Crippen molar-refractivity contribution in [2.24, 2.45) is 51.8 Å². The number of hydrogen-bond acceptors (Lipinski definition) is 4. The number of aliphatic carboxylic acids is 1. The van der Waals surface area contributed by atoms with Crippen LogP contribution < -0.4 is 4.90 Å². The molecule has 3 saturated carbocycles. The van der Waals surface area contributed by atoms with Gasteiger partial charge in [-0.1, -0.05) is 38.8 Å². The SMILES string of the molecule is CC(C)C1=CC23CCC4C(C)(C(=O)O)CCCC4(C)C2CC1C1C(=O)N(c2ccc(O)cc2)C(=O)C13. The number of phenolic OH excluding ortho intramolecular Hbond substituents is 1. The number of hydrogen-bond donors (Lipinski definition) is 2. The van der Waals surface area contributed by atoms with E-state index in [1.54, 1.807) is 12.1 Å². The molecule has 0 radical (unpaired) electrons. The van der Waals surface area contributed by atoms with Gasteiger partial charge in [0, 0.05) is 5.41 Å². The summed E-state index contributed by atoms with van der Waals surface area (Å²) in [6.07, 6.45) is 7.35. The van der Waals surface area contributed by atoms with Gasteiger partial charge in [0.05, 0.1) is 22.9 Å². The van der Waals surface area contributed by atoms with Gasteiger partial charge in [0.25, 0.3) is 0 Å². The number of carboxylic acid groups (broad SMARTS) is 1. The summed E-state index contributed by atoms with van der Waals surface area (Å²) in [6, 6.07) is 6.33. The highest BCUT2D eigenvalue weighted by molar-refractivity contribution is 6.23. The molecule has 7 rings (SSSR count). The van der Waals surface area contributed by atoms with Crippen molar-refractivity contribution >= 4 is 23.5 Å². The molecule has 5 aliphatic carbocycles. The van der Waals surface area contributed by atoms with Gasteiger partial charge in [0.15, 0.2) is 0 Å². The van der Waals surface area contributed by atoms with E-state index in [1.807, 2.05) is 6.92 Å². The summed E-state index contributed by atoms with van der Waals surface area (Å²) >= 11 is 0. The van der Waals surface area contributed by atoms with Gasteiger partial charge in [0.2, 0.25) is 11.8 Å². The number of imide groups is 1. The number of fused-ring (bicyclic) bond motifs is 1. The molecular formula is C30H37NO5. The lowest BCUT2D eigenvalue weighted by atomic mass is 9.34. The molecule has 4 fully saturated rings. The largest absolute Gasteiger partial charge is 0.508 e. The number of anilines is 1. The first-order valence-electron chi connectivity index (χ1n) is 13.6. The number of carbonyl (C=O) groups excluding carboxylic acids is 2. The Morgan fingerprint density at radius 2 is 1.72 bits per heavy atom. The molecular weight excluding hydrogens is 454 g/mol. The summed E-state index contributed by atoms with van der Waals surface area (Å²) < 4.78 is 0. The lowest BCUT2D eigenvalue weighted by molar-refractivity contribution is -0.194. The zero-order valence-corrected chi connectivity index (χ0v) is 21.7. The highest BCUT2D eigenvalue weighted by Crippen LogP contribution is 2.74. The van der Waals surface area contributed by atoms with Gasteiger partial charge < -0.3 is 10.2 Å². The predicted molar refractivity (Wildman–Crippen MR) is 135 cm³/mol. The number of rotatable bonds is 3. The van der Waals surface area contributed by atoms with E-state index in [-0.39, 0.29) is 46.7 Å². The van der Waals surface area contributed by atoms with Crippen molar-refractivity contribution in [3.8, 4) is 5.75 Å². The van der Waals surface area contributed by atoms with Crippen LogP contribution in [0.15, 0.2) is 35.9 Å². The van der Waals surface area contributed by atoms with Crippen molar-refractivity contribution in [2.75, 3.05) is 4.90 Å². The standard InChI is InChI=1S/C30H37NO5/c1-16(2)20-15-30-13-10-21-28(3,11-5-12-29(21,4)27(35)36)22(30)14-19(20)23-24(30)26(34)31(25(23)33)17-6-8-18(32)9-7-17/h6-9,15-16,19,21-24,32H,5,10-14H2,1-4H3,(H,35,36). The average molecular weight is 492 g/mol. The fourth-order valence-corrected chi connectivity index (χ4v) is 9.81. The number of allylic oxidation sites excluding steroid dienone is 2. The van der Waals surface area contributed by atoms with Crippen molar-refractivity contribution in [1.29, 1.82) is 0 Å². The van der Waals surface area contributed by atoms with E-state index >= 15 is 0 Å². The number of phenols is 1. The van der Waals surface area contributed by atoms with Crippen LogP contribution in [0.2, 0.25) is 0 Å². The monoisotopic (exact) mass is 491 g/mol. The Bertz CT molecular complexity index is 1190. The minimum Gasteiger partial charge on any atom is -0.508 e. The summed E-state index contributed by atoms with van der Waals surface area (Å²) in [4.78, 5) is 42.0. The fraction of sp³-hybridized carbons (Fsp3) is 0.633. The first-order chi connectivity index (χ1) is 17.0. The molecule has 8 atom stereocenters. The average Bonchev–Trinajstić information content (AvgIpc) is 3.11. The number of nitrogens with zero attached hydrogens (tertiary/aromatic N) is 1. The number of carbonyl (C=O) groups is 3. The summed E-state index contributed by atoms with van der Waals surface area (Å²) in [5.74, 6) is -1.04. The summed E-state index contributed by atoms with van der Waals surface area (Å²) in [6.45, 7) is 8.59. The van der Waals surface area contributed by atoms with E-state index in [9.17, 15) is 24.6 Å². The molecule has 1 aliphatic heterocycles. The molecule has 1 heterocycles. The highest BCUT2D eigenvalue weighted by atomic mass is 16.4. The van der Waals surface area contributed by atoms with Crippen LogP contribution in [0.1, 0.15) is 66.2 Å². The zero-order valence-electron chi connectivity index (χ0n) is 21.7. The number of amides is 2. The van der Waals surface area contributed by atoms with E-state index in [1.165, 1.54) is 22.6 Å². The smallest absolute Gasteiger partial charge is 0.309 e. The van der Waals surface area contributed by atoms with E-state index in [4.69, 9.17) is 0 Å². The van der Waals surface area contributed by atoms with Crippen LogP contribution in [0.4, 0.5) is 5.69 Å². The van der Waals surface area contributed by atoms with Gasteiger partial charge in [-0.3, -0.25) is 19.3 Å². The number of benzene rings is 1. The Kier molecular flexibility index (Phi) is 4.92. The molecule has 1 aromatic carbocycles. The lowest BCUT2D eigenvalue weighted by Crippen LogP contribution is -2.65. The van der Waals surface area contributed by atoms with Gasteiger partial charge in [-0.15, -0.1) is 0 Å². The van der Waals surface area contributed by atoms with Gasteiger partial charge in [-0.25, -0.2) is 0 Å². The van der Waals surface area contributed by atoms with E-state index < -0.39 is 22.7 Å². The summed E-state index contributed by atoms with van der Waals surface area (Å²) in [5.41, 5.74) is 0.482. The third-order valence-corrected chi connectivity index (χ3v) is 11.3. The van der Waals surface area contributed by atoms with Crippen molar-refractivity contribution in [2.45, 2.75) is 66.2 Å². The van der Waals surface area contributed by atoms with Crippen LogP contribution in [0, 0.1) is 51.8 Å². The zero-order chi connectivity index (χ0) is 25.8. The van der Waals surface area contributed by atoms with Crippen LogP contribution in [0.25, 0.3) is 0 Å². The van der Waals surface area contributed by atoms with E-state index in [0.29, 0.717) is 18.0 Å². The Hall–Kier alpha value is -2.63. The fourth-order valence-electron chi connectivity index (χ4n) is 9.81. The minimum absolute atomic E-state index is 0.00836. The molecule has 0 aromatic heterocycles. The second-order valence-corrected chi connectivity index (χ2v) is 13.0. The van der Waals surface area contributed by atoms with Gasteiger partial charge in [-0.05, 0) is 92.4 Å². The molecule has 1 aromatic rings. The third kappa shape index (κ3) is 2.76. The predicted octanol–water partition coefficient (Wildman–Crippen LogP) is 5.41. The van der Waals surface area contributed by atoms with Gasteiger partial charge in [-0.2, -0.15) is 0 Å². The summed E-state index contributed by atoms with van der Waals surface area (Å²) in [7, 11) is 0. The molecule has 2 amide bonds. The minimum atomic E-state index is -0.747. The van der Waals surface area contributed by atoms with Crippen LogP contribution in [0.5, 0.6) is 5.75 Å². The second kappa shape index (κ2) is 7.45. The first-order valence-corrected chi connectivity index (χ1v) is 13.6. The Labute approximate surface area is 212 Å². The molecule has 1 saturated heterocycles. The van der Waals surface area contributed by atoms with Crippen molar-refractivity contribution in [1.82, 2.24) is 0 Å². The molecule has 192 valence electrons.